The van der Waals surface area contributed by atoms with Gasteiger partial charge in [0.05, 0.1) is 9.75 Å². The van der Waals surface area contributed by atoms with Gasteiger partial charge < -0.3 is 16.0 Å². The summed E-state index contributed by atoms with van der Waals surface area (Å²) in [4.78, 5) is 37.6. The molecule has 0 saturated heterocycles. The minimum Gasteiger partial charge on any atom is -0.340 e. The number of benzene rings is 1. The lowest BCUT2D eigenvalue weighted by atomic mass is 10.2. The first kappa shape index (κ1) is 18.8. The first-order valence-corrected chi connectivity index (χ1v) is 9.89. The van der Waals surface area contributed by atoms with E-state index in [-0.39, 0.29) is 17.7 Å². The Kier molecular flexibility index (Phi) is 6.00. The molecule has 0 aliphatic rings. The van der Waals surface area contributed by atoms with Crippen molar-refractivity contribution in [2.24, 2.45) is 0 Å². The maximum atomic E-state index is 12.3. The highest BCUT2D eigenvalue weighted by atomic mass is 32.1. The fourth-order valence-corrected chi connectivity index (χ4v) is 3.51. The zero-order chi connectivity index (χ0) is 19.2. The van der Waals surface area contributed by atoms with Gasteiger partial charge in [-0.2, -0.15) is 0 Å². The standard InChI is InChI=1S/C19H17N3O3S2/c1-12(20-18(24)15-7-3-9-26-15)17(23)21-13-5-2-6-14(11-13)22-19(25)16-8-4-10-27-16/h2-12H,1H3,(H,20,24)(H,21,23)(H,22,25). The van der Waals surface area contributed by atoms with Crippen molar-refractivity contribution in [3.05, 3.63) is 69.0 Å². The Hall–Kier alpha value is -2.97. The summed E-state index contributed by atoms with van der Waals surface area (Å²) in [6.45, 7) is 1.61. The SMILES string of the molecule is CC(NC(=O)c1cccs1)C(=O)Nc1cccc(NC(=O)c2cccs2)c1. The van der Waals surface area contributed by atoms with Gasteiger partial charge >= 0.3 is 0 Å². The molecule has 3 amide bonds. The monoisotopic (exact) mass is 399 g/mol. The molecule has 2 heterocycles. The number of nitrogens with one attached hydrogen (secondary N) is 3. The summed E-state index contributed by atoms with van der Waals surface area (Å²) in [5.41, 5.74) is 1.10. The van der Waals surface area contributed by atoms with E-state index in [1.807, 2.05) is 11.4 Å². The van der Waals surface area contributed by atoms with Crippen LogP contribution in [0.3, 0.4) is 0 Å². The molecule has 27 heavy (non-hydrogen) atoms. The summed E-state index contributed by atoms with van der Waals surface area (Å²) < 4.78 is 0. The number of amides is 3. The van der Waals surface area contributed by atoms with Crippen LogP contribution in [0.2, 0.25) is 0 Å². The van der Waals surface area contributed by atoms with Gasteiger partial charge in [-0.1, -0.05) is 18.2 Å². The number of hydrogen-bond acceptors (Lipinski definition) is 5. The van der Waals surface area contributed by atoms with Crippen molar-refractivity contribution in [1.29, 1.82) is 0 Å². The summed E-state index contributed by atoms with van der Waals surface area (Å²) in [5, 5.41) is 11.8. The van der Waals surface area contributed by atoms with Gasteiger partial charge in [-0.15, -0.1) is 22.7 Å². The van der Waals surface area contributed by atoms with E-state index in [4.69, 9.17) is 0 Å². The van der Waals surface area contributed by atoms with Crippen LogP contribution in [0.1, 0.15) is 26.3 Å². The largest absolute Gasteiger partial charge is 0.340 e. The molecule has 0 radical (unpaired) electrons. The summed E-state index contributed by atoms with van der Waals surface area (Å²) >= 11 is 2.66. The van der Waals surface area contributed by atoms with Crippen molar-refractivity contribution in [3.63, 3.8) is 0 Å². The quantitative estimate of drug-likeness (QED) is 0.589. The minimum atomic E-state index is -0.705. The Morgan fingerprint density at radius 2 is 1.41 bits per heavy atom. The molecule has 3 aromatic rings. The van der Waals surface area contributed by atoms with Gasteiger partial charge in [0.1, 0.15) is 6.04 Å². The third kappa shape index (κ3) is 5.02. The molecule has 138 valence electrons. The van der Waals surface area contributed by atoms with Crippen molar-refractivity contribution < 1.29 is 14.4 Å². The number of carbonyl (C=O) groups is 3. The number of carbonyl (C=O) groups excluding carboxylic acids is 3. The van der Waals surface area contributed by atoms with Crippen molar-refractivity contribution in [2.75, 3.05) is 10.6 Å². The van der Waals surface area contributed by atoms with Crippen LogP contribution in [0.15, 0.2) is 59.3 Å². The van der Waals surface area contributed by atoms with Crippen molar-refractivity contribution in [3.8, 4) is 0 Å². The maximum Gasteiger partial charge on any atom is 0.265 e. The van der Waals surface area contributed by atoms with Crippen LogP contribution >= 0.6 is 22.7 Å². The molecule has 1 atom stereocenters. The van der Waals surface area contributed by atoms with E-state index in [0.717, 1.165) is 0 Å². The minimum absolute atomic E-state index is 0.204. The van der Waals surface area contributed by atoms with E-state index in [1.165, 1.54) is 22.7 Å². The molecule has 1 aromatic carbocycles. The van der Waals surface area contributed by atoms with Gasteiger partial charge in [0.15, 0.2) is 0 Å². The second kappa shape index (κ2) is 8.61. The number of thiophene rings is 2. The molecule has 6 nitrogen and oxygen atoms in total. The fourth-order valence-electron chi connectivity index (χ4n) is 2.27. The molecule has 0 aliphatic carbocycles. The zero-order valence-electron chi connectivity index (χ0n) is 14.4. The van der Waals surface area contributed by atoms with E-state index in [9.17, 15) is 14.4 Å². The Bertz CT molecular complexity index is 937. The average molecular weight is 399 g/mol. The first-order valence-electron chi connectivity index (χ1n) is 8.13. The Morgan fingerprint density at radius 3 is 2.00 bits per heavy atom. The molecule has 3 rings (SSSR count). The molecule has 2 aromatic heterocycles. The average Bonchev–Trinajstić information content (AvgIpc) is 3.35. The summed E-state index contributed by atoms with van der Waals surface area (Å²) in [5.74, 6) is -0.837. The number of rotatable bonds is 6. The molecule has 0 bridgehead atoms. The van der Waals surface area contributed by atoms with Crippen LogP contribution in [-0.2, 0) is 4.79 Å². The van der Waals surface area contributed by atoms with Gasteiger partial charge in [0.2, 0.25) is 5.91 Å². The zero-order valence-corrected chi connectivity index (χ0v) is 16.0. The lowest BCUT2D eigenvalue weighted by molar-refractivity contribution is -0.117. The highest BCUT2D eigenvalue weighted by Crippen LogP contribution is 2.18. The van der Waals surface area contributed by atoms with Crippen LogP contribution < -0.4 is 16.0 Å². The highest BCUT2D eigenvalue weighted by Gasteiger charge is 2.17. The molecule has 0 saturated carbocycles. The van der Waals surface area contributed by atoms with Crippen LogP contribution in [0.25, 0.3) is 0 Å². The molecule has 3 N–H and O–H groups in total. The molecule has 1 unspecified atom stereocenters. The van der Waals surface area contributed by atoms with Gasteiger partial charge in [-0.25, -0.2) is 0 Å². The smallest absolute Gasteiger partial charge is 0.265 e. The van der Waals surface area contributed by atoms with Gasteiger partial charge in [-0.3, -0.25) is 14.4 Å². The van der Waals surface area contributed by atoms with Crippen LogP contribution in [0.5, 0.6) is 0 Å². The third-order valence-electron chi connectivity index (χ3n) is 3.62. The predicted molar refractivity (Wildman–Crippen MR) is 109 cm³/mol. The number of anilines is 2. The van der Waals surface area contributed by atoms with Gasteiger partial charge in [0.25, 0.3) is 11.8 Å². The topological polar surface area (TPSA) is 87.3 Å². The lowest BCUT2D eigenvalue weighted by Crippen LogP contribution is -2.41. The Labute approximate surface area is 164 Å². The molecule has 8 heteroatoms. The fraction of sp³-hybridized carbons (Fsp3) is 0.105. The predicted octanol–water partition coefficient (Wildman–Crippen LogP) is 3.82. The van der Waals surface area contributed by atoms with Gasteiger partial charge in [-0.05, 0) is 48.0 Å². The van der Waals surface area contributed by atoms with Crippen molar-refractivity contribution in [2.45, 2.75) is 13.0 Å². The van der Waals surface area contributed by atoms with E-state index < -0.39 is 6.04 Å². The highest BCUT2D eigenvalue weighted by molar-refractivity contribution is 7.12. The lowest BCUT2D eigenvalue weighted by Gasteiger charge is -2.14. The van der Waals surface area contributed by atoms with Crippen LogP contribution in [0.4, 0.5) is 11.4 Å². The molecule has 0 aliphatic heterocycles. The summed E-state index contributed by atoms with van der Waals surface area (Å²) in [7, 11) is 0. The Balaban J connectivity index is 1.59. The summed E-state index contributed by atoms with van der Waals surface area (Å²) in [6, 6.07) is 13.2. The van der Waals surface area contributed by atoms with E-state index in [0.29, 0.717) is 21.1 Å². The molecular weight excluding hydrogens is 382 g/mol. The van der Waals surface area contributed by atoms with Crippen molar-refractivity contribution >= 4 is 51.8 Å². The molecule has 0 spiro atoms. The van der Waals surface area contributed by atoms with E-state index >= 15 is 0 Å². The maximum absolute atomic E-state index is 12.3. The van der Waals surface area contributed by atoms with Crippen LogP contribution in [-0.4, -0.2) is 23.8 Å². The van der Waals surface area contributed by atoms with Crippen molar-refractivity contribution in [1.82, 2.24) is 5.32 Å². The first-order chi connectivity index (χ1) is 13.0. The normalized spacial score (nSPS) is 11.4. The van der Waals surface area contributed by atoms with Gasteiger partial charge in [0, 0.05) is 11.4 Å². The second-order valence-electron chi connectivity index (χ2n) is 5.67. The molecule has 0 fully saturated rings. The summed E-state index contributed by atoms with van der Waals surface area (Å²) in [6.07, 6.45) is 0. The third-order valence-corrected chi connectivity index (χ3v) is 5.36. The second-order valence-corrected chi connectivity index (χ2v) is 7.57. The molecular formula is C19H17N3O3S2. The van der Waals surface area contributed by atoms with E-state index in [2.05, 4.69) is 16.0 Å². The van der Waals surface area contributed by atoms with E-state index in [1.54, 1.807) is 54.8 Å². The Morgan fingerprint density at radius 1 is 0.815 bits per heavy atom. The number of hydrogen-bond donors (Lipinski definition) is 3. The van der Waals surface area contributed by atoms with Crippen LogP contribution in [0, 0.1) is 0 Å².